The summed E-state index contributed by atoms with van der Waals surface area (Å²) in [6.07, 6.45) is 4.70. The molecule has 23 heavy (non-hydrogen) atoms. The highest BCUT2D eigenvalue weighted by molar-refractivity contribution is 5.67. The van der Waals surface area contributed by atoms with Crippen LogP contribution in [0.4, 0.5) is 10.7 Å². The van der Waals surface area contributed by atoms with Gasteiger partial charge in [-0.3, -0.25) is 4.98 Å². The van der Waals surface area contributed by atoms with E-state index in [2.05, 4.69) is 25.6 Å². The van der Waals surface area contributed by atoms with Gasteiger partial charge in [0, 0.05) is 37.2 Å². The van der Waals surface area contributed by atoms with E-state index in [1.54, 1.807) is 18.6 Å². The fourth-order valence-corrected chi connectivity index (χ4v) is 1.77. The Balaban J connectivity index is 1.82. The third kappa shape index (κ3) is 5.90. The molecule has 0 aliphatic carbocycles. The Bertz CT molecular complexity index is 640. The van der Waals surface area contributed by atoms with Gasteiger partial charge in [-0.05, 0) is 39.0 Å². The molecule has 0 fully saturated rings. The minimum atomic E-state index is -0.501. The number of pyridine rings is 1. The van der Waals surface area contributed by atoms with Gasteiger partial charge >= 0.3 is 6.09 Å². The summed E-state index contributed by atoms with van der Waals surface area (Å²) in [7, 11) is 0. The van der Waals surface area contributed by atoms with E-state index in [4.69, 9.17) is 4.74 Å². The van der Waals surface area contributed by atoms with Crippen LogP contribution < -0.4 is 10.6 Å². The lowest BCUT2D eigenvalue weighted by atomic mass is 10.2. The molecule has 0 aliphatic heterocycles. The molecule has 0 atom stereocenters. The number of carbonyl (C=O) groups excluding carboxylic acids is 1. The number of aromatic nitrogens is 3. The van der Waals surface area contributed by atoms with Gasteiger partial charge in [-0.15, -0.1) is 0 Å². The van der Waals surface area contributed by atoms with Crippen LogP contribution in [0.5, 0.6) is 0 Å². The second-order valence-corrected chi connectivity index (χ2v) is 5.86. The first-order chi connectivity index (χ1) is 10.9. The van der Waals surface area contributed by atoms with Crippen molar-refractivity contribution in [1.29, 1.82) is 0 Å². The Kier molecular flexibility index (Phi) is 5.46. The summed E-state index contributed by atoms with van der Waals surface area (Å²) < 4.78 is 5.15. The average molecular weight is 315 g/mol. The van der Waals surface area contributed by atoms with E-state index in [9.17, 15) is 4.79 Å². The van der Waals surface area contributed by atoms with Gasteiger partial charge in [0.1, 0.15) is 5.60 Å². The second-order valence-electron chi connectivity index (χ2n) is 5.86. The average Bonchev–Trinajstić information content (AvgIpc) is 2.51. The number of rotatable bonds is 5. The molecule has 0 bridgehead atoms. The van der Waals surface area contributed by atoms with Crippen LogP contribution >= 0.6 is 0 Å². The van der Waals surface area contributed by atoms with Crippen molar-refractivity contribution in [2.24, 2.45) is 0 Å². The third-order valence-electron chi connectivity index (χ3n) is 2.69. The molecular formula is C16H21N5O2. The summed E-state index contributed by atoms with van der Waals surface area (Å²) in [4.78, 5) is 24.1. The van der Waals surface area contributed by atoms with Gasteiger partial charge in [0.25, 0.3) is 0 Å². The summed E-state index contributed by atoms with van der Waals surface area (Å²) in [5.74, 6) is 0.498. The van der Waals surface area contributed by atoms with Crippen LogP contribution in [0.3, 0.4) is 0 Å². The summed E-state index contributed by atoms with van der Waals surface area (Å²) in [6.45, 7) is 6.37. The zero-order valence-electron chi connectivity index (χ0n) is 13.5. The summed E-state index contributed by atoms with van der Waals surface area (Å²) >= 11 is 0. The van der Waals surface area contributed by atoms with Crippen molar-refractivity contribution < 1.29 is 9.53 Å². The van der Waals surface area contributed by atoms with Gasteiger partial charge in [0.05, 0.1) is 5.69 Å². The van der Waals surface area contributed by atoms with Gasteiger partial charge in [-0.25, -0.2) is 14.8 Å². The number of hydrogen-bond acceptors (Lipinski definition) is 6. The topological polar surface area (TPSA) is 89.0 Å². The number of nitrogens with zero attached hydrogens (tertiary/aromatic N) is 3. The number of ether oxygens (including phenoxy) is 1. The summed E-state index contributed by atoms with van der Waals surface area (Å²) in [5.41, 5.74) is 1.21. The van der Waals surface area contributed by atoms with Gasteiger partial charge < -0.3 is 15.4 Å². The van der Waals surface area contributed by atoms with Gasteiger partial charge in [0.15, 0.2) is 0 Å². The van der Waals surface area contributed by atoms with E-state index >= 15 is 0 Å². The van der Waals surface area contributed by atoms with Crippen LogP contribution in [-0.4, -0.2) is 39.7 Å². The van der Waals surface area contributed by atoms with Crippen LogP contribution in [-0.2, 0) is 4.74 Å². The molecule has 0 spiro atoms. The van der Waals surface area contributed by atoms with Gasteiger partial charge in [-0.2, -0.15) is 0 Å². The Hall–Kier alpha value is -2.70. The molecule has 2 rings (SSSR count). The van der Waals surface area contributed by atoms with Crippen LogP contribution in [0, 0.1) is 0 Å². The van der Waals surface area contributed by atoms with Crippen molar-refractivity contribution >= 4 is 12.0 Å². The number of carbonyl (C=O) groups is 1. The van der Waals surface area contributed by atoms with Crippen LogP contribution in [0.15, 0.2) is 36.8 Å². The molecule has 2 heterocycles. The van der Waals surface area contributed by atoms with E-state index in [0.29, 0.717) is 19.0 Å². The fourth-order valence-electron chi connectivity index (χ4n) is 1.77. The van der Waals surface area contributed by atoms with E-state index in [0.717, 1.165) is 11.3 Å². The van der Waals surface area contributed by atoms with Crippen molar-refractivity contribution in [3.8, 4) is 11.3 Å². The molecule has 0 aromatic carbocycles. The molecule has 2 aromatic rings. The SMILES string of the molecule is CC(C)(C)OC(=O)NCCNc1nccc(-c2cccnc2)n1. The smallest absolute Gasteiger partial charge is 0.407 e. The second kappa shape index (κ2) is 7.53. The molecule has 2 N–H and O–H groups in total. The molecule has 1 amide bonds. The van der Waals surface area contributed by atoms with Crippen molar-refractivity contribution in [3.05, 3.63) is 36.8 Å². The van der Waals surface area contributed by atoms with Crippen molar-refractivity contribution in [2.75, 3.05) is 18.4 Å². The molecular weight excluding hydrogens is 294 g/mol. The summed E-state index contributed by atoms with van der Waals surface area (Å²) in [6, 6.07) is 5.61. The standard InChI is InChI=1S/C16H21N5O2/c1-16(2,3)23-15(22)20-10-9-19-14-18-8-6-13(21-14)12-5-4-7-17-11-12/h4-8,11H,9-10H2,1-3H3,(H,20,22)(H,18,19,21). The maximum atomic E-state index is 11.5. The number of nitrogens with one attached hydrogen (secondary N) is 2. The molecule has 0 saturated heterocycles. The number of amides is 1. The van der Waals surface area contributed by atoms with Crippen molar-refractivity contribution in [1.82, 2.24) is 20.3 Å². The molecule has 0 radical (unpaired) electrons. The number of hydrogen-bond donors (Lipinski definition) is 2. The molecule has 2 aromatic heterocycles. The maximum Gasteiger partial charge on any atom is 0.407 e. The lowest BCUT2D eigenvalue weighted by Gasteiger charge is -2.19. The van der Waals surface area contributed by atoms with E-state index < -0.39 is 11.7 Å². The minimum absolute atomic E-state index is 0.412. The zero-order valence-corrected chi connectivity index (χ0v) is 13.5. The Morgan fingerprint density at radius 3 is 2.74 bits per heavy atom. The molecule has 122 valence electrons. The largest absolute Gasteiger partial charge is 0.444 e. The van der Waals surface area contributed by atoms with E-state index in [-0.39, 0.29) is 0 Å². The Labute approximate surface area is 135 Å². The van der Waals surface area contributed by atoms with Gasteiger partial charge in [-0.1, -0.05) is 0 Å². The van der Waals surface area contributed by atoms with Crippen molar-refractivity contribution in [3.63, 3.8) is 0 Å². The van der Waals surface area contributed by atoms with Crippen LogP contribution in [0.25, 0.3) is 11.3 Å². The number of alkyl carbamates (subject to hydrolysis) is 1. The first-order valence-corrected chi connectivity index (χ1v) is 7.38. The molecule has 7 nitrogen and oxygen atoms in total. The normalized spacial score (nSPS) is 10.9. The molecule has 7 heteroatoms. The Morgan fingerprint density at radius 2 is 2.04 bits per heavy atom. The first kappa shape index (κ1) is 16.7. The summed E-state index contributed by atoms with van der Waals surface area (Å²) in [5, 5.41) is 5.73. The highest BCUT2D eigenvalue weighted by Crippen LogP contribution is 2.15. The highest BCUT2D eigenvalue weighted by Gasteiger charge is 2.15. The number of anilines is 1. The highest BCUT2D eigenvalue weighted by atomic mass is 16.6. The van der Waals surface area contributed by atoms with Crippen LogP contribution in [0.2, 0.25) is 0 Å². The lowest BCUT2D eigenvalue weighted by Crippen LogP contribution is -2.35. The van der Waals surface area contributed by atoms with Gasteiger partial charge in [0.2, 0.25) is 5.95 Å². The maximum absolute atomic E-state index is 11.5. The monoisotopic (exact) mass is 315 g/mol. The van der Waals surface area contributed by atoms with E-state index in [1.165, 1.54) is 0 Å². The fraction of sp³-hybridized carbons (Fsp3) is 0.375. The molecule has 0 saturated carbocycles. The van der Waals surface area contributed by atoms with Crippen molar-refractivity contribution in [2.45, 2.75) is 26.4 Å². The lowest BCUT2D eigenvalue weighted by molar-refractivity contribution is 0.0530. The predicted octanol–water partition coefficient (Wildman–Crippen LogP) is 2.48. The van der Waals surface area contributed by atoms with Crippen LogP contribution in [0.1, 0.15) is 20.8 Å². The molecule has 0 unspecified atom stereocenters. The first-order valence-electron chi connectivity index (χ1n) is 7.38. The Morgan fingerprint density at radius 1 is 1.22 bits per heavy atom. The minimum Gasteiger partial charge on any atom is -0.444 e. The predicted molar refractivity (Wildman–Crippen MR) is 88.0 cm³/mol. The quantitative estimate of drug-likeness (QED) is 0.824. The molecule has 0 aliphatic rings. The third-order valence-corrected chi connectivity index (χ3v) is 2.69. The van der Waals surface area contributed by atoms with E-state index in [1.807, 2.05) is 39.0 Å². The zero-order chi connectivity index (χ0) is 16.7.